The lowest BCUT2D eigenvalue weighted by atomic mass is 9.83. The van der Waals surface area contributed by atoms with Crippen LogP contribution in [0, 0.1) is 5.41 Å². The summed E-state index contributed by atoms with van der Waals surface area (Å²) in [4.78, 5) is 0. The van der Waals surface area contributed by atoms with Crippen molar-refractivity contribution in [3.8, 4) is 11.5 Å². The van der Waals surface area contributed by atoms with Crippen LogP contribution in [0.15, 0.2) is 6.07 Å². The van der Waals surface area contributed by atoms with Crippen LogP contribution >= 0.6 is 11.6 Å². The van der Waals surface area contributed by atoms with Gasteiger partial charge in [-0.2, -0.15) is 0 Å². The molecule has 0 radical (unpaired) electrons. The molecule has 1 aromatic rings. The molecule has 0 amide bonds. The molecule has 0 fully saturated rings. The Morgan fingerprint density at radius 3 is 2.55 bits per heavy atom. The van der Waals surface area contributed by atoms with Crippen LogP contribution in [0.4, 0.5) is 0 Å². The molecule has 0 saturated carbocycles. The smallest absolute Gasteiger partial charge is 0.165 e. The van der Waals surface area contributed by atoms with Gasteiger partial charge in [-0.3, -0.25) is 0 Å². The monoisotopic (exact) mass is 297 g/mol. The first-order chi connectivity index (χ1) is 9.43. The number of benzene rings is 1. The van der Waals surface area contributed by atoms with Crippen LogP contribution in [0.1, 0.15) is 43.9 Å². The lowest BCUT2D eigenvalue weighted by Crippen LogP contribution is -2.23. The van der Waals surface area contributed by atoms with Crippen molar-refractivity contribution in [1.82, 2.24) is 5.32 Å². The summed E-state index contributed by atoms with van der Waals surface area (Å²) < 4.78 is 11.1. The molecule has 1 aliphatic carbocycles. The number of halogens is 1. The van der Waals surface area contributed by atoms with Crippen molar-refractivity contribution in [3.63, 3.8) is 0 Å². The van der Waals surface area contributed by atoms with Crippen LogP contribution in [0.2, 0.25) is 5.02 Å². The molecule has 0 aromatic heterocycles. The maximum atomic E-state index is 6.48. The number of hydrogen-bond acceptors (Lipinski definition) is 3. The van der Waals surface area contributed by atoms with Gasteiger partial charge >= 0.3 is 0 Å². The average Bonchev–Trinajstić information content (AvgIpc) is 2.55. The molecule has 0 aliphatic heterocycles. The summed E-state index contributed by atoms with van der Waals surface area (Å²) >= 11 is 6.48. The molecule has 20 heavy (non-hydrogen) atoms. The second kappa shape index (κ2) is 5.82. The summed E-state index contributed by atoms with van der Waals surface area (Å²) in [5.74, 6) is 1.51. The van der Waals surface area contributed by atoms with E-state index in [0.29, 0.717) is 5.75 Å². The van der Waals surface area contributed by atoms with Crippen molar-refractivity contribution in [2.45, 2.75) is 39.2 Å². The average molecular weight is 298 g/mol. The van der Waals surface area contributed by atoms with Gasteiger partial charge in [-0.15, -0.1) is 0 Å². The highest BCUT2D eigenvalue weighted by atomic mass is 35.5. The van der Waals surface area contributed by atoms with Gasteiger partial charge in [-0.05, 0) is 37.3 Å². The molecule has 1 aliphatic rings. The molecule has 0 saturated heterocycles. The van der Waals surface area contributed by atoms with Crippen LogP contribution in [-0.4, -0.2) is 21.3 Å². The highest BCUT2D eigenvalue weighted by molar-refractivity contribution is 6.31. The van der Waals surface area contributed by atoms with E-state index >= 15 is 0 Å². The van der Waals surface area contributed by atoms with Gasteiger partial charge in [0, 0.05) is 22.7 Å². The van der Waals surface area contributed by atoms with Crippen molar-refractivity contribution < 1.29 is 9.47 Å². The molecule has 0 spiro atoms. The van der Waals surface area contributed by atoms with E-state index in [-0.39, 0.29) is 11.5 Å². The van der Waals surface area contributed by atoms with Gasteiger partial charge < -0.3 is 14.8 Å². The van der Waals surface area contributed by atoms with Crippen molar-refractivity contribution >= 4 is 11.6 Å². The van der Waals surface area contributed by atoms with Crippen LogP contribution in [0.5, 0.6) is 11.5 Å². The van der Waals surface area contributed by atoms with Crippen molar-refractivity contribution in [1.29, 1.82) is 0 Å². The minimum atomic E-state index is 0.227. The lowest BCUT2D eigenvalue weighted by molar-refractivity contribution is 0.275. The standard InChI is InChI=1S/C16H24ClNO2/c1-16(2)7-6-10-11(17)8-13(19-4)15(20-5)14(10)12(9-16)18-3/h8,12,18H,6-7,9H2,1-5H3. The Balaban J connectivity index is 2.65. The first-order valence-electron chi connectivity index (χ1n) is 7.04. The fourth-order valence-corrected chi connectivity index (χ4v) is 3.41. The maximum absolute atomic E-state index is 6.48. The molecule has 4 heteroatoms. The fourth-order valence-electron chi connectivity index (χ4n) is 3.12. The summed E-state index contributed by atoms with van der Waals surface area (Å²) in [6.45, 7) is 4.61. The van der Waals surface area contributed by atoms with E-state index in [4.69, 9.17) is 21.1 Å². The van der Waals surface area contributed by atoms with Crippen molar-refractivity contribution in [3.05, 3.63) is 22.2 Å². The number of methoxy groups -OCH3 is 2. The molecule has 1 atom stereocenters. The third-order valence-corrected chi connectivity index (χ3v) is 4.61. The van der Waals surface area contributed by atoms with E-state index in [1.807, 2.05) is 13.1 Å². The van der Waals surface area contributed by atoms with Crippen LogP contribution in [-0.2, 0) is 6.42 Å². The van der Waals surface area contributed by atoms with E-state index < -0.39 is 0 Å². The molecule has 0 heterocycles. The number of fused-ring (bicyclic) bond motifs is 1. The number of hydrogen-bond donors (Lipinski definition) is 1. The minimum Gasteiger partial charge on any atom is -0.493 e. The first kappa shape index (κ1) is 15.5. The lowest BCUT2D eigenvalue weighted by Gasteiger charge is -2.27. The number of rotatable bonds is 3. The Morgan fingerprint density at radius 1 is 1.30 bits per heavy atom. The Labute approximate surface area is 126 Å². The van der Waals surface area contributed by atoms with E-state index in [9.17, 15) is 0 Å². The Morgan fingerprint density at radius 2 is 2.00 bits per heavy atom. The largest absolute Gasteiger partial charge is 0.493 e. The molecule has 3 nitrogen and oxygen atoms in total. The van der Waals surface area contributed by atoms with Crippen molar-refractivity contribution in [2.24, 2.45) is 5.41 Å². The molecule has 0 bridgehead atoms. The SMILES string of the molecule is CNC1CC(C)(C)CCc2c(Cl)cc(OC)c(OC)c21. The predicted molar refractivity (Wildman–Crippen MR) is 83.1 cm³/mol. The molecule has 112 valence electrons. The van der Waals surface area contributed by atoms with Gasteiger partial charge in [0.1, 0.15) is 0 Å². The molecular weight excluding hydrogens is 274 g/mol. The first-order valence-corrected chi connectivity index (χ1v) is 7.42. The summed E-state index contributed by atoms with van der Waals surface area (Å²) in [6.07, 6.45) is 3.14. The van der Waals surface area contributed by atoms with Gasteiger partial charge in [-0.1, -0.05) is 25.4 Å². The third kappa shape index (κ3) is 2.75. The zero-order valence-electron chi connectivity index (χ0n) is 13.0. The summed E-state index contributed by atoms with van der Waals surface area (Å²) in [7, 11) is 5.33. The normalized spacial score (nSPS) is 21.0. The number of nitrogens with one attached hydrogen (secondary N) is 1. The van der Waals surface area contributed by atoms with Crippen molar-refractivity contribution in [2.75, 3.05) is 21.3 Å². The molecular formula is C16H24ClNO2. The Kier molecular flexibility index (Phi) is 4.50. The zero-order chi connectivity index (χ0) is 14.9. The van der Waals surface area contributed by atoms with Crippen LogP contribution in [0.25, 0.3) is 0 Å². The summed E-state index contributed by atoms with van der Waals surface area (Å²) in [5, 5.41) is 4.19. The number of ether oxygens (including phenoxy) is 2. The van der Waals surface area contributed by atoms with E-state index in [1.54, 1.807) is 14.2 Å². The second-order valence-electron chi connectivity index (χ2n) is 6.20. The second-order valence-corrected chi connectivity index (χ2v) is 6.60. The van der Waals surface area contributed by atoms with Gasteiger partial charge in [-0.25, -0.2) is 0 Å². The zero-order valence-corrected chi connectivity index (χ0v) is 13.7. The van der Waals surface area contributed by atoms with Crippen LogP contribution in [0.3, 0.4) is 0 Å². The minimum absolute atomic E-state index is 0.227. The maximum Gasteiger partial charge on any atom is 0.165 e. The van der Waals surface area contributed by atoms with E-state index in [0.717, 1.165) is 35.6 Å². The topological polar surface area (TPSA) is 30.5 Å². The summed E-state index contributed by atoms with van der Waals surface area (Å²) in [5.41, 5.74) is 2.62. The van der Waals surface area contributed by atoms with Gasteiger partial charge in [0.2, 0.25) is 0 Å². The third-order valence-electron chi connectivity index (χ3n) is 4.27. The van der Waals surface area contributed by atoms with Crippen LogP contribution < -0.4 is 14.8 Å². The van der Waals surface area contributed by atoms with Gasteiger partial charge in [0.15, 0.2) is 11.5 Å². The van der Waals surface area contributed by atoms with Gasteiger partial charge in [0.05, 0.1) is 14.2 Å². The predicted octanol–water partition coefficient (Wildman–Crippen LogP) is 3.98. The highest BCUT2D eigenvalue weighted by Gasteiger charge is 2.33. The summed E-state index contributed by atoms with van der Waals surface area (Å²) in [6, 6.07) is 2.09. The molecule has 2 rings (SSSR count). The molecule has 1 N–H and O–H groups in total. The fraction of sp³-hybridized carbons (Fsp3) is 0.625. The molecule has 1 aromatic carbocycles. The highest BCUT2D eigenvalue weighted by Crippen LogP contribution is 2.48. The van der Waals surface area contributed by atoms with E-state index in [1.165, 1.54) is 5.56 Å². The quantitative estimate of drug-likeness (QED) is 0.856. The Hall–Kier alpha value is -0.930. The Bertz CT molecular complexity index is 500. The van der Waals surface area contributed by atoms with E-state index in [2.05, 4.69) is 19.2 Å². The van der Waals surface area contributed by atoms with Gasteiger partial charge in [0.25, 0.3) is 0 Å². The molecule has 1 unspecified atom stereocenters.